The molecular weight excluding hydrogens is 368 g/mol. The van der Waals surface area contributed by atoms with E-state index in [1.807, 2.05) is 0 Å². The van der Waals surface area contributed by atoms with Crippen molar-refractivity contribution in [3.8, 4) is 5.75 Å². The zero-order valence-corrected chi connectivity index (χ0v) is 14.0. The lowest BCUT2D eigenvalue weighted by Crippen LogP contribution is -2.18. The highest BCUT2D eigenvalue weighted by Gasteiger charge is 2.09. The first-order chi connectivity index (χ1) is 11.1. The third-order valence-corrected chi connectivity index (χ3v) is 2.95. The largest absolute Gasteiger partial charge is 0.490 e. The van der Waals surface area contributed by atoms with E-state index in [1.165, 1.54) is 0 Å². The molecule has 0 aromatic heterocycles. The minimum atomic E-state index is -0.370. The molecule has 1 aromatic rings. The van der Waals surface area contributed by atoms with E-state index in [0.29, 0.717) is 5.75 Å². The smallest absolute Gasteiger partial charge is 0.319 e. The lowest BCUT2D eigenvalue weighted by atomic mass is 10.1. The van der Waals surface area contributed by atoms with Gasteiger partial charge in [-0.2, -0.15) is 0 Å². The highest BCUT2D eigenvalue weighted by molar-refractivity contribution is 9.10. The Morgan fingerprint density at radius 3 is 2.22 bits per heavy atom. The summed E-state index contributed by atoms with van der Waals surface area (Å²) in [6, 6.07) is 5.19. The van der Waals surface area contributed by atoms with Crippen LogP contribution in [0.3, 0.4) is 0 Å². The van der Waals surface area contributed by atoms with Gasteiger partial charge in [0, 0.05) is 9.82 Å². The van der Waals surface area contributed by atoms with Gasteiger partial charge in [0.2, 0.25) is 0 Å². The molecule has 1 atom stereocenters. The van der Waals surface area contributed by atoms with E-state index in [1.54, 1.807) is 25.1 Å². The maximum absolute atomic E-state index is 11.3. The molecule has 0 amide bonds. The van der Waals surface area contributed by atoms with E-state index in [9.17, 15) is 4.79 Å². The first-order valence-electron chi connectivity index (χ1n) is 6.65. The number of rotatable bonds is 9. The van der Waals surface area contributed by atoms with Crippen LogP contribution in [0.4, 0.5) is 0 Å². The number of carbonyl (C=O) groups is 1. The second-order valence-electron chi connectivity index (χ2n) is 4.40. The van der Waals surface area contributed by atoms with Gasteiger partial charge in [0.05, 0.1) is 13.1 Å². The Balaban J connectivity index is 2.69. The molecule has 10 heteroatoms. The first-order valence-corrected chi connectivity index (χ1v) is 7.56. The van der Waals surface area contributed by atoms with Crippen LogP contribution in [0.2, 0.25) is 0 Å². The molecule has 0 N–H and O–H groups in total. The molecule has 0 aliphatic carbocycles. The fraction of sp³-hybridized carbons (Fsp3) is 0.462. The molecule has 0 saturated heterocycles. The third-order valence-electron chi connectivity index (χ3n) is 2.58. The molecule has 0 spiro atoms. The molecule has 1 aromatic carbocycles. The van der Waals surface area contributed by atoms with Crippen LogP contribution in [-0.4, -0.2) is 24.0 Å². The number of benzene rings is 1. The molecular formula is C13H15BrN6O3. The van der Waals surface area contributed by atoms with Crippen molar-refractivity contribution >= 4 is 21.9 Å². The minimum absolute atomic E-state index is 0.112. The van der Waals surface area contributed by atoms with E-state index in [-0.39, 0.29) is 37.1 Å². The zero-order valence-electron chi connectivity index (χ0n) is 12.4. The van der Waals surface area contributed by atoms with Crippen molar-refractivity contribution in [3.63, 3.8) is 0 Å². The molecule has 9 nitrogen and oxygen atoms in total. The Kier molecular flexibility index (Phi) is 8.38. The Morgan fingerprint density at radius 1 is 1.17 bits per heavy atom. The summed E-state index contributed by atoms with van der Waals surface area (Å²) < 4.78 is 10.5. The standard InChI is InChI=1S/C13H15BrN6O3/c1-9(14)13(21)23-3-2-22-12-5-10(7-17-19-15)4-11(6-12)8-18-20-16/h4-6,9H,2-3,7-8H2,1H3. The molecule has 0 heterocycles. The van der Waals surface area contributed by atoms with Crippen LogP contribution in [0.15, 0.2) is 28.4 Å². The zero-order chi connectivity index (χ0) is 17.1. The van der Waals surface area contributed by atoms with Crippen molar-refractivity contribution in [2.24, 2.45) is 10.2 Å². The molecule has 122 valence electrons. The van der Waals surface area contributed by atoms with Crippen LogP contribution >= 0.6 is 15.9 Å². The summed E-state index contributed by atoms with van der Waals surface area (Å²) in [5.41, 5.74) is 18.2. The maximum Gasteiger partial charge on any atom is 0.319 e. The number of halogens is 1. The lowest BCUT2D eigenvalue weighted by molar-refractivity contribution is -0.143. The van der Waals surface area contributed by atoms with Crippen LogP contribution in [0.5, 0.6) is 5.75 Å². The van der Waals surface area contributed by atoms with Crippen molar-refractivity contribution < 1.29 is 14.3 Å². The van der Waals surface area contributed by atoms with Crippen LogP contribution < -0.4 is 4.74 Å². The second kappa shape index (κ2) is 10.3. The van der Waals surface area contributed by atoms with Crippen molar-refractivity contribution in [3.05, 3.63) is 50.2 Å². The molecule has 0 saturated carbocycles. The Labute approximate surface area is 141 Å². The molecule has 0 aliphatic rings. The molecule has 0 fully saturated rings. The highest BCUT2D eigenvalue weighted by Crippen LogP contribution is 2.19. The fourth-order valence-corrected chi connectivity index (χ4v) is 1.77. The van der Waals surface area contributed by atoms with E-state index < -0.39 is 0 Å². The van der Waals surface area contributed by atoms with Crippen LogP contribution in [0.1, 0.15) is 18.1 Å². The van der Waals surface area contributed by atoms with E-state index in [2.05, 4.69) is 36.0 Å². The van der Waals surface area contributed by atoms with Gasteiger partial charge in [0.15, 0.2) is 0 Å². The van der Waals surface area contributed by atoms with Crippen molar-refractivity contribution in [2.45, 2.75) is 24.8 Å². The quantitative estimate of drug-likeness (QED) is 0.159. The number of hydrogen-bond donors (Lipinski definition) is 0. The van der Waals surface area contributed by atoms with Crippen molar-refractivity contribution in [1.29, 1.82) is 0 Å². The molecule has 0 bridgehead atoms. The summed E-state index contributed by atoms with van der Waals surface area (Å²) in [4.78, 5) is 16.3. The summed E-state index contributed by atoms with van der Waals surface area (Å²) >= 11 is 3.11. The van der Waals surface area contributed by atoms with Gasteiger partial charge in [-0.05, 0) is 41.2 Å². The first kappa shape index (κ1) is 18.6. The van der Waals surface area contributed by atoms with Crippen molar-refractivity contribution in [2.75, 3.05) is 13.2 Å². The average Bonchev–Trinajstić information content (AvgIpc) is 2.54. The van der Waals surface area contributed by atoms with Crippen LogP contribution in [-0.2, 0) is 22.6 Å². The van der Waals surface area contributed by atoms with Gasteiger partial charge in [0.25, 0.3) is 0 Å². The van der Waals surface area contributed by atoms with Gasteiger partial charge in [-0.15, -0.1) is 0 Å². The summed E-state index contributed by atoms with van der Waals surface area (Å²) in [6.45, 7) is 2.28. The second-order valence-corrected chi connectivity index (χ2v) is 5.77. The predicted octanol–water partition coefficient (Wildman–Crippen LogP) is 4.01. The minimum Gasteiger partial charge on any atom is -0.490 e. The summed E-state index contributed by atoms with van der Waals surface area (Å²) in [7, 11) is 0. The maximum atomic E-state index is 11.3. The van der Waals surface area contributed by atoms with Gasteiger partial charge < -0.3 is 9.47 Å². The Bertz CT molecular complexity index is 600. The van der Waals surface area contributed by atoms with Crippen LogP contribution in [0.25, 0.3) is 20.9 Å². The summed E-state index contributed by atoms with van der Waals surface area (Å²) in [6.07, 6.45) is 0. The normalized spacial score (nSPS) is 10.9. The van der Waals surface area contributed by atoms with Gasteiger partial charge in [-0.25, -0.2) is 0 Å². The van der Waals surface area contributed by atoms with E-state index in [4.69, 9.17) is 20.5 Å². The van der Waals surface area contributed by atoms with E-state index in [0.717, 1.165) is 11.1 Å². The van der Waals surface area contributed by atoms with Crippen molar-refractivity contribution in [1.82, 2.24) is 0 Å². The number of hydrogen-bond acceptors (Lipinski definition) is 5. The van der Waals surface area contributed by atoms with Gasteiger partial charge in [-0.3, -0.25) is 4.79 Å². The number of ether oxygens (including phenoxy) is 2. The Hall–Kier alpha value is -2.41. The fourth-order valence-electron chi connectivity index (χ4n) is 1.64. The summed E-state index contributed by atoms with van der Waals surface area (Å²) in [5.74, 6) is 0.150. The SMILES string of the molecule is CC(Br)C(=O)OCCOc1cc(CN=[N+]=[N-])cc(CN=[N+]=[N-])c1. The number of carbonyl (C=O) groups excluding carboxylic acids is 1. The number of azide groups is 2. The monoisotopic (exact) mass is 382 g/mol. The number of esters is 1. The summed E-state index contributed by atoms with van der Waals surface area (Å²) in [5, 5.41) is 6.98. The number of alkyl halides is 1. The molecule has 1 rings (SSSR count). The van der Waals surface area contributed by atoms with Gasteiger partial charge in [-0.1, -0.05) is 32.2 Å². The molecule has 0 radical (unpaired) electrons. The Morgan fingerprint density at radius 2 is 1.74 bits per heavy atom. The number of nitrogens with zero attached hydrogens (tertiary/aromatic N) is 6. The average molecular weight is 383 g/mol. The van der Waals surface area contributed by atoms with Gasteiger partial charge >= 0.3 is 5.97 Å². The molecule has 1 unspecified atom stereocenters. The lowest BCUT2D eigenvalue weighted by Gasteiger charge is -2.10. The topological polar surface area (TPSA) is 133 Å². The van der Waals surface area contributed by atoms with Gasteiger partial charge in [0.1, 0.15) is 23.8 Å². The third kappa shape index (κ3) is 7.42. The van der Waals surface area contributed by atoms with Crippen LogP contribution in [0, 0.1) is 0 Å². The predicted molar refractivity (Wildman–Crippen MR) is 87.0 cm³/mol. The van der Waals surface area contributed by atoms with E-state index >= 15 is 0 Å². The molecule has 0 aliphatic heterocycles. The molecule has 23 heavy (non-hydrogen) atoms. The highest BCUT2D eigenvalue weighted by atomic mass is 79.9.